The fourth-order valence-corrected chi connectivity index (χ4v) is 3.29. The van der Waals surface area contributed by atoms with Crippen LogP contribution in [0.4, 0.5) is 0 Å². The first-order valence-corrected chi connectivity index (χ1v) is 8.68. The van der Waals surface area contributed by atoms with Crippen molar-refractivity contribution in [1.29, 1.82) is 0 Å². The Kier molecular flexibility index (Phi) is 5.75. The lowest BCUT2D eigenvalue weighted by Gasteiger charge is -2.19. The minimum absolute atomic E-state index is 0.100. The summed E-state index contributed by atoms with van der Waals surface area (Å²) in [6.07, 6.45) is 0.551. The van der Waals surface area contributed by atoms with Crippen molar-refractivity contribution < 1.29 is 24.2 Å². The molecule has 0 heterocycles. The minimum atomic E-state index is -4.30. The first-order valence-electron chi connectivity index (χ1n) is 6.99. The first-order chi connectivity index (χ1) is 10.5. The summed E-state index contributed by atoms with van der Waals surface area (Å²) in [5.41, 5.74) is -0.422. The highest BCUT2D eigenvalue weighted by Crippen LogP contribution is 2.54. The van der Waals surface area contributed by atoms with E-state index in [9.17, 15) is 14.4 Å². The van der Waals surface area contributed by atoms with Gasteiger partial charge in [0.25, 0.3) is 0 Å². The smallest absolute Gasteiger partial charge is 0.332 e. The zero-order valence-electron chi connectivity index (χ0n) is 12.0. The Morgan fingerprint density at radius 3 is 2.32 bits per heavy atom. The molecule has 1 unspecified atom stereocenters. The van der Waals surface area contributed by atoms with Crippen LogP contribution >= 0.6 is 7.60 Å². The van der Waals surface area contributed by atoms with Crippen LogP contribution in [0.5, 0.6) is 11.5 Å². The molecule has 5 nitrogen and oxygen atoms in total. The molecule has 0 spiro atoms. The van der Waals surface area contributed by atoms with Crippen LogP contribution in [0.3, 0.4) is 0 Å². The molecule has 0 aliphatic rings. The molecule has 2 rings (SSSR count). The second kappa shape index (κ2) is 7.56. The fourth-order valence-electron chi connectivity index (χ4n) is 2.22. The Morgan fingerprint density at radius 1 is 1.00 bits per heavy atom. The van der Waals surface area contributed by atoms with Gasteiger partial charge in [-0.3, -0.25) is 4.57 Å². The normalized spacial score (nSPS) is 12.9. The summed E-state index contributed by atoms with van der Waals surface area (Å²) in [5.74, 6) is 1.17. The van der Waals surface area contributed by atoms with Gasteiger partial charge >= 0.3 is 7.60 Å². The van der Waals surface area contributed by atoms with E-state index in [2.05, 4.69) is 0 Å². The molecule has 0 aliphatic heterocycles. The number of hydrogen-bond acceptors (Lipinski definition) is 3. The molecule has 2 aromatic carbocycles. The van der Waals surface area contributed by atoms with Crippen molar-refractivity contribution in [3.8, 4) is 11.5 Å². The van der Waals surface area contributed by atoms with E-state index in [4.69, 9.17) is 9.84 Å². The lowest BCUT2D eigenvalue weighted by Crippen LogP contribution is -2.02. The number of rotatable bonds is 7. The lowest BCUT2D eigenvalue weighted by molar-refractivity contribution is 0.279. The van der Waals surface area contributed by atoms with Gasteiger partial charge in [-0.15, -0.1) is 0 Å². The van der Waals surface area contributed by atoms with Crippen molar-refractivity contribution in [1.82, 2.24) is 0 Å². The van der Waals surface area contributed by atoms with Gasteiger partial charge in [0.2, 0.25) is 0 Å². The summed E-state index contributed by atoms with van der Waals surface area (Å²) in [4.78, 5) is 19.1. The fraction of sp³-hybridized carbons (Fsp3) is 0.250. The van der Waals surface area contributed by atoms with Gasteiger partial charge in [-0.2, -0.15) is 0 Å². The van der Waals surface area contributed by atoms with Crippen molar-refractivity contribution in [2.24, 2.45) is 0 Å². The van der Waals surface area contributed by atoms with Crippen LogP contribution < -0.4 is 4.74 Å². The largest absolute Gasteiger partial charge is 0.457 e. The first kappa shape index (κ1) is 16.7. The maximum Gasteiger partial charge on any atom is 0.332 e. The topological polar surface area (TPSA) is 87.0 Å². The molecule has 0 saturated heterocycles. The maximum absolute atomic E-state index is 11.7. The quantitative estimate of drug-likeness (QED) is 0.679. The predicted molar refractivity (Wildman–Crippen MR) is 84.1 cm³/mol. The van der Waals surface area contributed by atoms with E-state index < -0.39 is 13.3 Å². The number of hydrogen-bond donors (Lipinski definition) is 3. The molecule has 1 atom stereocenters. The standard InChI is InChI=1S/C16H19O5P/c17-11-5-10-16(22(18,19)20)13-6-4-9-15(12-13)21-14-7-2-1-3-8-14/h1-4,6-9,12,16-17H,5,10-11H2,(H2,18,19,20). The van der Waals surface area contributed by atoms with Crippen LogP contribution in [0.2, 0.25) is 0 Å². The Labute approximate surface area is 129 Å². The van der Waals surface area contributed by atoms with Crippen LogP contribution in [-0.2, 0) is 4.57 Å². The summed E-state index contributed by atoms with van der Waals surface area (Å²) in [6, 6.07) is 15.9. The predicted octanol–water partition coefficient (Wildman–Crippen LogP) is 3.47. The van der Waals surface area contributed by atoms with Crippen molar-refractivity contribution in [3.05, 3.63) is 60.2 Å². The summed E-state index contributed by atoms with van der Waals surface area (Å²) in [6.45, 7) is -0.100. The van der Waals surface area contributed by atoms with Crippen LogP contribution in [0, 0.1) is 0 Å². The second-order valence-electron chi connectivity index (χ2n) is 4.96. The second-order valence-corrected chi connectivity index (χ2v) is 6.76. The lowest BCUT2D eigenvalue weighted by atomic mass is 10.1. The highest BCUT2D eigenvalue weighted by atomic mass is 31.2. The van der Waals surface area contributed by atoms with Crippen molar-refractivity contribution in [2.75, 3.05) is 6.61 Å². The Bertz CT molecular complexity index is 638. The SMILES string of the molecule is O=P(O)(O)C(CCCO)c1cccc(Oc2ccccc2)c1. The van der Waals surface area contributed by atoms with E-state index in [0.717, 1.165) is 0 Å². The van der Waals surface area contributed by atoms with Crippen molar-refractivity contribution >= 4 is 7.60 Å². The van der Waals surface area contributed by atoms with Gasteiger partial charge in [0, 0.05) is 6.61 Å². The van der Waals surface area contributed by atoms with Crippen LogP contribution in [0.25, 0.3) is 0 Å². The number of aliphatic hydroxyl groups excluding tert-OH is 1. The number of para-hydroxylation sites is 1. The van der Waals surface area contributed by atoms with Gasteiger partial charge < -0.3 is 19.6 Å². The minimum Gasteiger partial charge on any atom is -0.457 e. The Hall–Kier alpha value is -1.65. The number of ether oxygens (including phenoxy) is 1. The number of benzene rings is 2. The summed E-state index contributed by atoms with van der Waals surface area (Å²) in [5, 5.41) is 8.90. The van der Waals surface area contributed by atoms with Crippen LogP contribution in [-0.4, -0.2) is 21.5 Å². The average molecular weight is 322 g/mol. The molecular formula is C16H19O5P. The van der Waals surface area contributed by atoms with Gasteiger partial charge in [0.05, 0.1) is 5.66 Å². The van der Waals surface area contributed by atoms with Crippen LogP contribution in [0.15, 0.2) is 54.6 Å². The molecule has 0 amide bonds. The van der Waals surface area contributed by atoms with E-state index in [1.54, 1.807) is 36.4 Å². The van der Waals surface area contributed by atoms with Gasteiger partial charge in [0.1, 0.15) is 11.5 Å². The van der Waals surface area contributed by atoms with Gasteiger partial charge in [-0.05, 0) is 42.7 Å². The summed E-state index contributed by atoms with van der Waals surface area (Å²) < 4.78 is 17.4. The Morgan fingerprint density at radius 2 is 1.68 bits per heavy atom. The van der Waals surface area contributed by atoms with E-state index in [1.807, 2.05) is 18.2 Å². The van der Waals surface area contributed by atoms with E-state index >= 15 is 0 Å². The third kappa shape index (κ3) is 4.68. The van der Waals surface area contributed by atoms with Gasteiger partial charge in [-0.1, -0.05) is 30.3 Å². The molecule has 3 N–H and O–H groups in total. The third-order valence-corrected chi connectivity index (χ3v) is 4.63. The molecule has 0 saturated carbocycles. The molecule has 0 radical (unpaired) electrons. The van der Waals surface area contributed by atoms with Crippen molar-refractivity contribution in [3.63, 3.8) is 0 Å². The van der Waals surface area contributed by atoms with E-state index in [-0.39, 0.29) is 13.0 Å². The summed E-state index contributed by atoms with van der Waals surface area (Å²) >= 11 is 0. The average Bonchev–Trinajstić information content (AvgIpc) is 2.48. The Balaban J connectivity index is 2.23. The van der Waals surface area contributed by atoms with Gasteiger partial charge in [0.15, 0.2) is 0 Å². The molecule has 118 valence electrons. The zero-order chi connectivity index (χ0) is 16.0. The molecule has 0 aliphatic carbocycles. The molecule has 0 aromatic heterocycles. The highest BCUT2D eigenvalue weighted by Gasteiger charge is 2.30. The molecule has 0 fully saturated rings. The third-order valence-electron chi connectivity index (χ3n) is 3.26. The number of aliphatic hydroxyl groups is 1. The molecule has 0 bridgehead atoms. The molecule has 22 heavy (non-hydrogen) atoms. The monoisotopic (exact) mass is 322 g/mol. The molecular weight excluding hydrogens is 303 g/mol. The van der Waals surface area contributed by atoms with Gasteiger partial charge in [-0.25, -0.2) is 0 Å². The van der Waals surface area contributed by atoms with Crippen molar-refractivity contribution in [2.45, 2.75) is 18.5 Å². The molecule has 6 heteroatoms. The highest BCUT2D eigenvalue weighted by molar-refractivity contribution is 7.52. The summed E-state index contributed by atoms with van der Waals surface area (Å²) in [7, 11) is -4.30. The zero-order valence-corrected chi connectivity index (χ0v) is 12.9. The van der Waals surface area contributed by atoms with E-state index in [0.29, 0.717) is 23.5 Å². The molecule has 2 aromatic rings. The maximum atomic E-state index is 11.7. The van der Waals surface area contributed by atoms with Crippen LogP contribution in [0.1, 0.15) is 24.1 Å². The van der Waals surface area contributed by atoms with E-state index in [1.165, 1.54) is 0 Å².